The van der Waals surface area contributed by atoms with Crippen molar-refractivity contribution in [3.63, 3.8) is 0 Å². The van der Waals surface area contributed by atoms with Gasteiger partial charge in [0, 0.05) is 0 Å². The summed E-state index contributed by atoms with van der Waals surface area (Å²) in [5, 5.41) is 0. The number of esters is 2. The summed E-state index contributed by atoms with van der Waals surface area (Å²) in [4.78, 5) is 21.2. The Labute approximate surface area is 240 Å². The van der Waals surface area contributed by atoms with Crippen LogP contribution < -0.4 is 42.4 Å². The van der Waals surface area contributed by atoms with Crippen molar-refractivity contribution in [2.75, 3.05) is 13.2 Å². The predicted octanol–water partition coefficient (Wildman–Crippen LogP) is 0.133. The topological polar surface area (TPSA) is 52.6 Å². The van der Waals surface area contributed by atoms with Gasteiger partial charge in [-0.15, -0.1) is 0 Å². The van der Waals surface area contributed by atoms with E-state index < -0.39 is 11.9 Å². The van der Waals surface area contributed by atoms with Gasteiger partial charge in [-0.25, -0.2) is 0 Å². The van der Waals surface area contributed by atoms with Crippen LogP contribution in [0, 0.1) is 14.3 Å². The van der Waals surface area contributed by atoms with E-state index in [9.17, 15) is 9.59 Å². The Hall–Kier alpha value is -2.72. The summed E-state index contributed by atoms with van der Waals surface area (Å²) in [6.07, 6.45) is -0.290. The van der Waals surface area contributed by atoms with Crippen LogP contribution >= 0.6 is 0 Å². The second kappa shape index (κ2) is 19.4. The zero-order valence-corrected chi connectivity index (χ0v) is 25.4. The molecule has 4 rings (SSSR count). The van der Waals surface area contributed by atoms with Crippen LogP contribution in [0.4, 0.5) is 0 Å². The molecule has 0 amide bonds. The van der Waals surface area contributed by atoms with Crippen molar-refractivity contribution in [1.29, 1.82) is 0 Å². The molecule has 0 aliphatic carbocycles. The first-order chi connectivity index (χ1) is 18.1. The van der Waals surface area contributed by atoms with Crippen molar-refractivity contribution >= 4 is 11.9 Å². The predicted molar refractivity (Wildman–Crippen MR) is 138 cm³/mol. The number of carbonyl (C=O) groups is 2. The Kier molecular flexibility index (Phi) is 16.0. The first kappa shape index (κ1) is 30.5. The molecule has 4 nitrogen and oxygen atoms in total. The van der Waals surface area contributed by atoms with E-state index in [0.29, 0.717) is 0 Å². The van der Waals surface area contributed by atoms with Gasteiger partial charge in [-0.2, -0.15) is 0 Å². The summed E-state index contributed by atoms with van der Waals surface area (Å²) in [5.74, 6) is -1.07. The van der Waals surface area contributed by atoms with Crippen LogP contribution in [0.15, 0.2) is 121 Å². The van der Waals surface area contributed by atoms with E-state index in [0.717, 1.165) is 0 Å². The number of carbonyl (C=O) groups excluding carboxylic acids is 2. The number of ether oxygens (including phenoxy) is 2. The van der Waals surface area contributed by atoms with Gasteiger partial charge in [0.1, 0.15) is 6.42 Å². The molecule has 0 unspecified atom stereocenters. The van der Waals surface area contributed by atoms with Crippen LogP contribution in [0.25, 0.3) is 0 Å². The summed E-state index contributed by atoms with van der Waals surface area (Å²) in [6.45, 7) is 3.95. The maximum absolute atomic E-state index is 10.6. The zero-order valence-electron chi connectivity index (χ0n) is 21.1. The van der Waals surface area contributed by atoms with Gasteiger partial charge in [-0.05, 0) is 13.8 Å². The molecule has 0 aliphatic rings. The molecule has 0 aliphatic heterocycles. The third-order valence-electron chi connectivity index (χ3n) is 4.27. The quantitative estimate of drug-likeness (QED) is 0.148. The first-order valence-electron chi connectivity index (χ1n) is 11.9. The van der Waals surface area contributed by atoms with Crippen LogP contribution in [0.2, 0.25) is 0 Å². The molecule has 0 atom stereocenters. The van der Waals surface area contributed by atoms with Crippen molar-refractivity contribution in [2.24, 2.45) is 0 Å². The third kappa shape index (κ3) is 14.6. The van der Waals surface area contributed by atoms with E-state index in [2.05, 4.69) is 131 Å². The summed E-state index contributed by atoms with van der Waals surface area (Å²) >= 11 is 0.0574. The van der Waals surface area contributed by atoms with Gasteiger partial charge < -0.3 is 9.47 Å². The van der Waals surface area contributed by atoms with Crippen molar-refractivity contribution < 1.29 is 61.5 Å². The average Bonchev–Trinajstić information content (AvgIpc) is 2.92. The summed E-state index contributed by atoms with van der Waals surface area (Å²) < 4.78 is 15.0. The number of halogens is 2. The van der Waals surface area contributed by atoms with Gasteiger partial charge in [0.15, 0.2) is 0 Å². The molecule has 0 aromatic heterocycles. The van der Waals surface area contributed by atoms with Crippen LogP contribution in [-0.2, 0) is 19.1 Å². The Morgan fingerprint density at radius 2 is 0.730 bits per heavy atom. The Bertz CT molecular complexity index is 971. The van der Waals surface area contributed by atoms with Crippen molar-refractivity contribution in [3.8, 4) is 0 Å². The summed E-state index contributed by atoms with van der Waals surface area (Å²) in [6, 6.07) is 42.8. The molecule has 4 aromatic carbocycles. The number of hydrogen-bond acceptors (Lipinski definition) is 4. The summed E-state index contributed by atoms with van der Waals surface area (Å²) in [5.41, 5.74) is 0. The van der Waals surface area contributed by atoms with Gasteiger partial charge >= 0.3 is 190 Å². The molecule has 0 radical (unpaired) electrons. The van der Waals surface area contributed by atoms with Crippen LogP contribution in [0.5, 0.6) is 0 Å². The monoisotopic (exact) mass is 722 g/mol. The van der Waals surface area contributed by atoms with Gasteiger partial charge in [-0.3, -0.25) is 9.59 Å². The second-order valence-electron chi connectivity index (χ2n) is 7.16. The fraction of sp³-hybridized carbons (Fsp3) is 0.161. The number of hydrogen-bond donors (Lipinski definition) is 0. The van der Waals surface area contributed by atoms with E-state index in [-0.39, 0.29) is 62.0 Å². The van der Waals surface area contributed by atoms with E-state index in [1.165, 1.54) is 14.3 Å². The number of rotatable bonds is 8. The first-order valence-corrected chi connectivity index (χ1v) is 16.2. The molecule has 0 bridgehead atoms. The third-order valence-corrected chi connectivity index (χ3v) is 9.64. The van der Waals surface area contributed by atoms with Gasteiger partial charge in [-0.1, -0.05) is 0 Å². The van der Waals surface area contributed by atoms with Crippen LogP contribution in [-0.4, -0.2) is 25.2 Å². The van der Waals surface area contributed by atoms with Crippen LogP contribution in [0.3, 0.4) is 0 Å². The van der Waals surface area contributed by atoms with Crippen molar-refractivity contribution in [3.05, 3.63) is 136 Å². The van der Waals surface area contributed by atoms with E-state index in [1.807, 2.05) is 0 Å². The summed E-state index contributed by atoms with van der Waals surface area (Å²) in [7, 11) is 0. The second-order valence-corrected chi connectivity index (χ2v) is 13.2. The maximum atomic E-state index is 10.6. The van der Waals surface area contributed by atoms with Crippen molar-refractivity contribution in [1.82, 2.24) is 0 Å². The molecular weight excluding hydrogens is 690 g/mol. The molecule has 0 N–H and O–H groups in total. The molecule has 0 heterocycles. The fourth-order valence-electron chi connectivity index (χ4n) is 2.70. The SMILES string of the molecule is CCOC(=O)CC(=O)OCC.c1ccc([I-]c2ccccc2)cc1.c1ccc([I-]c2ccccc2)cc1. The standard InChI is InChI=1S/2C12H10I.C7H12O4/c2*1-3-7-11(8-4-1)13-12-9-5-2-6-10-12;1-3-10-6(8)5-7(9)11-4-2/h2*1-10H;3-5H2,1-2H3/q2*-1;. The average molecular weight is 722 g/mol. The zero-order chi connectivity index (χ0) is 26.6. The Balaban J connectivity index is 0.000000196. The van der Waals surface area contributed by atoms with Gasteiger partial charge in [0.25, 0.3) is 0 Å². The van der Waals surface area contributed by atoms with Gasteiger partial charge in [0.05, 0.1) is 13.2 Å². The Morgan fingerprint density at radius 3 is 0.946 bits per heavy atom. The Morgan fingerprint density at radius 1 is 0.486 bits per heavy atom. The van der Waals surface area contributed by atoms with Crippen molar-refractivity contribution in [2.45, 2.75) is 20.3 Å². The van der Waals surface area contributed by atoms with E-state index in [4.69, 9.17) is 0 Å². The molecular formula is C31H32I2O4-2. The molecule has 0 spiro atoms. The van der Waals surface area contributed by atoms with Gasteiger partial charge in [0.2, 0.25) is 0 Å². The van der Waals surface area contributed by atoms with E-state index >= 15 is 0 Å². The molecule has 37 heavy (non-hydrogen) atoms. The molecule has 196 valence electrons. The normalized spacial score (nSPS) is 9.78. The van der Waals surface area contributed by atoms with E-state index in [1.54, 1.807) is 13.8 Å². The molecule has 6 heteroatoms. The minimum atomic E-state index is -0.536. The molecule has 0 saturated heterocycles. The molecule has 0 fully saturated rings. The van der Waals surface area contributed by atoms with Crippen LogP contribution in [0.1, 0.15) is 20.3 Å². The minimum absolute atomic E-state index is 0.0287. The fourth-order valence-corrected chi connectivity index (χ4v) is 7.24. The molecule has 4 aromatic rings. The molecule has 0 saturated carbocycles. The number of benzene rings is 4.